The van der Waals surface area contributed by atoms with Crippen LogP contribution in [-0.4, -0.2) is 48.5 Å². The summed E-state index contributed by atoms with van der Waals surface area (Å²) >= 11 is 0. The second kappa shape index (κ2) is 5.95. The van der Waals surface area contributed by atoms with Crippen LogP contribution in [0.4, 0.5) is 0 Å². The van der Waals surface area contributed by atoms with Crippen molar-refractivity contribution in [2.75, 3.05) is 26.2 Å². The van der Waals surface area contributed by atoms with Gasteiger partial charge in [0.15, 0.2) is 0 Å². The van der Waals surface area contributed by atoms with Crippen molar-refractivity contribution in [2.45, 2.75) is 18.9 Å². The minimum absolute atomic E-state index is 0.0498. The van der Waals surface area contributed by atoms with Gasteiger partial charge in [-0.3, -0.25) is 4.79 Å². The number of aliphatic hydroxyl groups is 2. The lowest BCUT2D eigenvalue weighted by Crippen LogP contribution is -2.34. The first-order valence-corrected chi connectivity index (χ1v) is 4.98. The predicted molar refractivity (Wildman–Crippen MR) is 51.7 cm³/mol. The van der Waals surface area contributed by atoms with Gasteiger partial charge in [0.25, 0.3) is 0 Å². The van der Waals surface area contributed by atoms with E-state index < -0.39 is 6.10 Å². The summed E-state index contributed by atoms with van der Waals surface area (Å²) < 4.78 is 0. The molecule has 1 rings (SSSR count). The third-order valence-electron chi connectivity index (χ3n) is 2.38. The third-order valence-corrected chi connectivity index (χ3v) is 2.38. The van der Waals surface area contributed by atoms with E-state index >= 15 is 0 Å². The Kier molecular flexibility index (Phi) is 4.86. The molecule has 5 heteroatoms. The maximum Gasteiger partial charge on any atom is 0.220 e. The highest BCUT2D eigenvalue weighted by Gasteiger charge is 2.18. The van der Waals surface area contributed by atoms with Gasteiger partial charge in [0.1, 0.15) is 0 Å². The van der Waals surface area contributed by atoms with Crippen LogP contribution in [0.2, 0.25) is 0 Å². The average Bonchev–Trinajstić information content (AvgIpc) is 2.66. The van der Waals surface area contributed by atoms with E-state index in [0.29, 0.717) is 12.3 Å². The molecule has 1 aliphatic rings. The van der Waals surface area contributed by atoms with Crippen LogP contribution in [0.5, 0.6) is 0 Å². The van der Waals surface area contributed by atoms with Crippen LogP contribution in [0.1, 0.15) is 12.8 Å². The normalized spacial score (nSPS) is 23.4. The molecule has 0 bridgehead atoms. The van der Waals surface area contributed by atoms with Gasteiger partial charge in [-0.05, 0) is 25.4 Å². The summed E-state index contributed by atoms with van der Waals surface area (Å²) in [5, 5.41) is 23.3. The van der Waals surface area contributed by atoms with E-state index in [1.807, 2.05) is 0 Å². The number of aliphatic hydroxyl groups excluding tert-OH is 2. The number of rotatable bonds is 5. The summed E-state index contributed by atoms with van der Waals surface area (Å²) in [6.07, 6.45) is 0.696. The Morgan fingerprint density at radius 2 is 2.43 bits per heavy atom. The Labute approximate surface area is 83.5 Å². The largest absolute Gasteiger partial charge is 0.394 e. The molecular formula is C9H18N2O3. The number of carbonyl (C=O) groups excluding carboxylic acids is 1. The summed E-state index contributed by atoms with van der Waals surface area (Å²) in [6.45, 7) is 1.70. The van der Waals surface area contributed by atoms with Crippen molar-refractivity contribution in [3.63, 3.8) is 0 Å². The molecule has 5 nitrogen and oxygen atoms in total. The summed E-state index contributed by atoms with van der Waals surface area (Å²) in [6, 6.07) is 0. The SMILES string of the molecule is O=C(CC1CCNC1)NCC(O)CO. The first-order chi connectivity index (χ1) is 6.72. The van der Waals surface area contributed by atoms with Crippen LogP contribution in [0.3, 0.4) is 0 Å². The molecule has 0 aliphatic carbocycles. The Hall–Kier alpha value is -0.650. The standard InChI is InChI=1S/C9H18N2O3/c12-6-8(13)5-11-9(14)3-7-1-2-10-4-7/h7-8,10,12-13H,1-6H2,(H,11,14). The molecule has 0 spiro atoms. The lowest BCUT2D eigenvalue weighted by atomic mass is 10.0. The molecule has 1 heterocycles. The topological polar surface area (TPSA) is 81.6 Å². The molecule has 0 saturated carbocycles. The summed E-state index contributed by atoms with van der Waals surface area (Å²) in [5.74, 6) is 0.368. The molecule has 1 amide bonds. The molecule has 1 aliphatic heterocycles. The molecule has 0 aromatic heterocycles. The zero-order valence-electron chi connectivity index (χ0n) is 8.20. The molecule has 2 atom stereocenters. The maximum atomic E-state index is 11.3. The van der Waals surface area contributed by atoms with Gasteiger partial charge in [-0.2, -0.15) is 0 Å². The minimum Gasteiger partial charge on any atom is -0.394 e. The lowest BCUT2D eigenvalue weighted by molar-refractivity contribution is -0.122. The zero-order chi connectivity index (χ0) is 10.4. The summed E-state index contributed by atoms with van der Waals surface area (Å²) in [4.78, 5) is 11.3. The van der Waals surface area contributed by atoms with Gasteiger partial charge in [0, 0.05) is 13.0 Å². The molecule has 82 valence electrons. The van der Waals surface area contributed by atoms with Crippen molar-refractivity contribution >= 4 is 5.91 Å². The Balaban J connectivity index is 2.09. The second-order valence-corrected chi connectivity index (χ2v) is 3.70. The van der Waals surface area contributed by atoms with Gasteiger partial charge in [-0.15, -0.1) is 0 Å². The van der Waals surface area contributed by atoms with E-state index in [9.17, 15) is 4.79 Å². The first kappa shape index (κ1) is 11.4. The van der Waals surface area contributed by atoms with Crippen LogP contribution in [0.15, 0.2) is 0 Å². The number of amides is 1. The molecule has 1 fully saturated rings. The zero-order valence-corrected chi connectivity index (χ0v) is 8.20. The monoisotopic (exact) mass is 202 g/mol. The van der Waals surface area contributed by atoms with Crippen molar-refractivity contribution < 1.29 is 15.0 Å². The third kappa shape index (κ3) is 4.04. The Morgan fingerprint density at radius 1 is 1.64 bits per heavy atom. The van der Waals surface area contributed by atoms with Gasteiger partial charge >= 0.3 is 0 Å². The van der Waals surface area contributed by atoms with Crippen LogP contribution < -0.4 is 10.6 Å². The molecule has 0 aromatic rings. The fraction of sp³-hybridized carbons (Fsp3) is 0.889. The summed E-state index contributed by atoms with van der Waals surface area (Å²) in [7, 11) is 0. The van der Waals surface area contributed by atoms with Gasteiger partial charge in [0.2, 0.25) is 5.91 Å². The molecule has 14 heavy (non-hydrogen) atoms. The molecule has 0 aromatic carbocycles. The van der Waals surface area contributed by atoms with Crippen molar-refractivity contribution in [3.05, 3.63) is 0 Å². The van der Waals surface area contributed by atoms with Gasteiger partial charge in [0.05, 0.1) is 12.7 Å². The van der Waals surface area contributed by atoms with E-state index in [1.165, 1.54) is 0 Å². The van der Waals surface area contributed by atoms with Gasteiger partial charge < -0.3 is 20.8 Å². The Bertz CT molecular complexity index is 181. The summed E-state index contributed by atoms with van der Waals surface area (Å²) in [5.41, 5.74) is 0. The van der Waals surface area contributed by atoms with E-state index in [1.54, 1.807) is 0 Å². The molecular weight excluding hydrogens is 184 g/mol. The second-order valence-electron chi connectivity index (χ2n) is 3.70. The first-order valence-electron chi connectivity index (χ1n) is 4.98. The highest BCUT2D eigenvalue weighted by Crippen LogP contribution is 2.11. The van der Waals surface area contributed by atoms with Crippen molar-refractivity contribution in [3.8, 4) is 0 Å². The van der Waals surface area contributed by atoms with Gasteiger partial charge in [-0.25, -0.2) is 0 Å². The van der Waals surface area contributed by atoms with Crippen LogP contribution >= 0.6 is 0 Å². The van der Waals surface area contributed by atoms with Crippen LogP contribution in [-0.2, 0) is 4.79 Å². The smallest absolute Gasteiger partial charge is 0.220 e. The maximum absolute atomic E-state index is 11.3. The highest BCUT2D eigenvalue weighted by atomic mass is 16.3. The fourth-order valence-corrected chi connectivity index (χ4v) is 1.52. The van der Waals surface area contributed by atoms with E-state index in [4.69, 9.17) is 10.2 Å². The Morgan fingerprint density at radius 3 is 3.00 bits per heavy atom. The van der Waals surface area contributed by atoms with Crippen molar-refractivity contribution in [1.29, 1.82) is 0 Å². The molecule has 2 unspecified atom stereocenters. The van der Waals surface area contributed by atoms with Crippen molar-refractivity contribution in [2.24, 2.45) is 5.92 Å². The van der Waals surface area contributed by atoms with E-state index in [2.05, 4.69) is 10.6 Å². The average molecular weight is 202 g/mol. The lowest BCUT2D eigenvalue weighted by Gasteiger charge is -2.11. The molecule has 4 N–H and O–H groups in total. The number of nitrogens with one attached hydrogen (secondary N) is 2. The quantitative estimate of drug-likeness (QED) is 0.435. The molecule has 1 saturated heterocycles. The number of carbonyl (C=O) groups is 1. The van der Waals surface area contributed by atoms with E-state index in [-0.39, 0.29) is 19.1 Å². The minimum atomic E-state index is -0.847. The van der Waals surface area contributed by atoms with Crippen molar-refractivity contribution in [1.82, 2.24) is 10.6 Å². The van der Waals surface area contributed by atoms with Crippen LogP contribution in [0, 0.1) is 5.92 Å². The van der Waals surface area contributed by atoms with E-state index in [0.717, 1.165) is 19.5 Å². The molecule has 0 radical (unpaired) electrons. The fourth-order valence-electron chi connectivity index (χ4n) is 1.52. The van der Waals surface area contributed by atoms with Gasteiger partial charge in [-0.1, -0.05) is 0 Å². The number of hydrogen-bond acceptors (Lipinski definition) is 4. The predicted octanol–water partition coefficient (Wildman–Crippen LogP) is -1.54. The highest BCUT2D eigenvalue weighted by molar-refractivity contribution is 5.76. The van der Waals surface area contributed by atoms with Crippen LogP contribution in [0.25, 0.3) is 0 Å². The number of hydrogen-bond donors (Lipinski definition) is 4.